The molecule has 0 aliphatic heterocycles. The molecule has 6 heteroatoms. The topological polar surface area (TPSA) is 68.3 Å². The van der Waals surface area contributed by atoms with E-state index in [-0.39, 0.29) is 39.8 Å². The normalized spacial score (nSPS) is 4.50. The average molecular weight is 354 g/mol. The minimum absolute atomic E-state index is 0.0556. The summed E-state index contributed by atoms with van der Waals surface area (Å²) in [6.07, 6.45) is 0. The molecule has 0 saturated carbocycles. The number of rotatable bonds is 0. The van der Waals surface area contributed by atoms with Crippen molar-refractivity contribution < 1.29 is 78.6 Å². The predicted octanol–water partition coefficient (Wildman–Crippen LogP) is -0.475. The first kappa shape index (κ1) is 10.8. The quantitative estimate of drug-likeness (QED) is 0.590. The summed E-state index contributed by atoms with van der Waals surface area (Å²) in [5.74, 6) is 0. The Kier molecular flexibility index (Phi) is 18.1. The van der Waals surface area contributed by atoms with Gasteiger partial charge in [-0.1, -0.05) is 0 Å². The van der Waals surface area contributed by atoms with Gasteiger partial charge in [-0.05, 0) is 0 Å². The Bertz CT molecular complexity index is 87.7. The van der Waals surface area contributed by atoms with Crippen LogP contribution in [0.2, 0.25) is 0 Å². The second kappa shape index (κ2) is 10.0. The van der Waals surface area contributed by atoms with Gasteiger partial charge >= 0.3 is 78.6 Å². The fourth-order valence-electron chi connectivity index (χ4n) is 0. The van der Waals surface area contributed by atoms with Gasteiger partial charge in [-0.3, -0.25) is 0 Å². The summed E-state index contributed by atoms with van der Waals surface area (Å²) < 4.78 is 34.2. The zero-order valence-corrected chi connectivity index (χ0v) is 8.30. The van der Waals surface area contributed by atoms with Crippen LogP contribution in [0, 0.1) is 74.4 Å². The Morgan fingerprint density at radius 2 is 1.00 bits per heavy atom. The van der Waals surface area contributed by atoms with E-state index in [2.05, 4.69) is 0 Å². The summed E-state index contributed by atoms with van der Waals surface area (Å²) in [4.78, 5) is 0. The molecule has 0 atom stereocenters. The molecule has 0 amide bonds. The maximum absolute atomic E-state index is 8.61. The molecule has 0 fully saturated rings. The zero-order valence-electron chi connectivity index (χ0n) is 2.54. The van der Waals surface area contributed by atoms with Crippen molar-refractivity contribution >= 4 is 0 Å². The summed E-state index contributed by atoms with van der Waals surface area (Å²) in [6.45, 7) is 0. The van der Waals surface area contributed by atoms with Crippen LogP contribution >= 0.6 is 0 Å². The molecule has 0 spiro atoms. The van der Waals surface area contributed by atoms with Gasteiger partial charge in [-0.15, -0.1) is 0 Å². The molecule has 0 aromatic rings. The Morgan fingerprint density at radius 1 is 1.00 bits per heavy atom. The maximum atomic E-state index is 8.61. The van der Waals surface area contributed by atoms with Crippen LogP contribution in [0.5, 0.6) is 0 Å². The first-order chi connectivity index (χ1) is 2.73. The third-order valence-electron chi connectivity index (χ3n) is 0. The van der Waals surface area contributed by atoms with Gasteiger partial charge in [-0.2, -0.15) is 0 Å². The Morgan fingerprint density at radius 3 is 1.00 bits per heavy atom. The molecule has 4 nitrogen and oxygen atoms in total. The van der Waals surface area contributed by atoms with Crippen LogP contribution in [0.15, 0.2) is 0 Å². The van der Waals surface area contributed by atoms with Gasteiger partial charge in [0.25, 0.3) is 0 Å². The molecule has 0 bridgehead atoms. The number of hydrogen-bond acceptors (Lipinski definition) is 4. The molecule has 0 aromatic carbocycles. The van der Waals surface area contributed by atoms with Crippen LogP contribution in [0.4, 0.5) is 0 Å². The van der Waals surface area contributed by atoms with Crippen molar-refractivity contribution in [1.82, 2.24) is 0 Å². The summed E-state index contributed by atoms with van der Waals surface area (Å²) in [5, 5.41) is 0. The molecule has 0 aliphatic rings. The summed E-state index contributed by atoms with van der Waals surface area (Å²) in [5.41, 5.74) is 0. The molecule has 0 aliphatic carbocycles. The standard InChI is InChI=1S/Ce.4O.Sm. The van der Waals surface area contributed by atoms with Gasteiger partial charge in [0, 0.05) is 0 Å². The molecular weight excluding hydrogens is 354 g/mol. The van der Waals surface area contributed by atoms with Gasteiger partial charge < -0.3 is 0 Å². The second-order valence-electron chi connectivity index (χ2n) is 0.204. The number of hydrogen-bond donors (Lipinski definition) is 0. The van der Waals surface area contributed by atoms with Crippen LogP contribution in [0.25, 0.3) is 0 Å². The molecular formula is CeO4Sm. The molecule has 0 N–H and O–H groups in total. The molecule has 0 unspecified atom stereocenters. The Labute approximate surface area is 76.4 Å². The van der Waals surface area contributed by atoms with Crippen molar-refractivity contribution in [1.29, 1.82) is 0 Å². The SMILES string of the molecule is [O]=[Ce].[O]=[Sm](=[O])=[O]. The van der Waals surface area contributed by atoms with Gasteiger partial charge in [0.05, 0.1) is 0 Å². The first-order valence-corrected chi connectivity index (χ1v) is 5.19. The molecule has 34 valence electrons. The van der Waals surface area contributed by atoms with Gasteiger partial charge in [0.2, 0.25) is 0 Å². The zero-order chi connectivity index (χ0) is 5.58. The molecule has 0 saturated heterocycles. The van der Waals surface area contributed by atoms with E-state index in [1.807, 2.05) is 0 Å². The second-order valence-corrected chi connectivity index (χ2v) is 1.51. The van der Waals surface area contributed by atoms with E-state index in [0.29, 0.717) is 0 Å². The van der Waals surface area contributed by atoms with Crippen molar-refractivity contribution in [3.63, 3.8) is 0 Å². The van der Waals surface area contributed by atoms with Gasteiger partial charge in [-0.25, -0.2) is 0 Å². The van der Waals surface area contributed by atoms with Crippen LogP contribution in [0.1, 0.15) is 0 Å². The summed E-state index contributed by atoms with van der Waals surface area (Å²) >= 11 is -4.22. The predicted molar refractivity (Wildman–Crippen MR) is 2.75 cm³/mol. The van der Waals surface area contributed by atoms with Crippen LogP contribution in [-0.2, 0) is 4.26 Å². The van der Waals surface area contributed by atoms with E-state index in [4.69, 9.17) is 4.26 Å². The van der Waals surface area contributed by atoms with E-state index >= 15 is 0 Å². The van der Waals surface area contributed by atoms with Crippen molar-refractivity contribution in [3.8, 4) is 0 Å². The fourth-order valence-corrected chi connectivity index (χ4v) is 0. The first-order valence-electron chi connectivity index (χ1n) is 0.704. The van der Waals surface area contributed by atoms with Gasteiger partial charge in [0.15, 0.2) is 0 Å². The fraction of sp³-hybridized carbons (Fsp3) is 0. The van der Waals surface area contributed by atoms with E-state index in [1.165, 1.54) is 0 Å². The molecule has 0 aromatic heterocycles. The van der Waals surface area contributed by atoms with E-state index in [9.17, 15) is 0 Å². The Hall–Kier alpha value is 1.91. The van der Waals surface area contributed by atoms with Crippen LogP contribution in [-0.4, -0.2) is 0 Å². The van der Waals surface area contributed by atoms with Gasteiger partial charge in [0.1, 0.15) is 0 Å². The van der Waals surface area contributed by atoms with E-state index < -0.39 is 34.6 Å². The monoisotopic (exact) mass is 356 g/mol. The molecule has 0 heterocycles. The molecule has 0 rings (SSSR count). The third-order valence-corrected chi connectivity index (χ3v) is 0. The van der Waals surface area contributed by atoms with Crippen molar-refractivity contribution in [2.24, 2.45) is 0 Å². The van der Waals surface area contributed by atoms with E-state index in [0.717, 1.165) is 0 Å². The molecule has 0 radical (unpaired) electrons. The minimum atomic E-state index is -4.28. The van der Waals surface area contributed by atoms with Crippen molar-refractivity contribution in [3.05, 3.63) is 0 Å². The Balaban J connectivity index is 0. The third kappa shape index (κ3) is 39.0. The van der Waals surface area contributed by atoms with Crippen LogP contribution < -0.4 is 0 Å². The average Bonchev–Trinajstić information content (AvgIpc) is 1.41. The van der Waals surface area contributed by atoms with Crippen LogP contribution in [0.3, 0.4) is 0 Å². The van der Waals surface area contributed by atoms with E-state index in [1.54, 1.807) is 0 Å². The summed E-state index contributed by atoms with van der Waals surface area (Å²) in [6, 6.07) is 0. The molecule has 6 heavy (non-hydrogen) atoms. The summed E-state index contributed by atoms with van der Waals surface area (Å²) in [7, 11) is 0. The van der Waals surface area contributed by atoms with Crippen molar-refractivity contribution in [2.75, 3.05) is 0 Å². The van der Waals surface area contributed by atoms with Crippen molar-refractivity contribution in [2.45, 2.75) is 0 Å².